The topological polar surface area (TPSA) is 102 Å². The quantitative estimate of drug-likeness (QED) is 0.411. The summed E-state index contributed by atoms with van der Waals surface area (Å²) in [5, 5.41) is 1.83. The smallest absolute Gasteiger partial charge is 0.329 e. The first kappa shape index (κ1) is 28.0. The van der Waals surface area contributed by atoms with Gasteiger partial charge in [0.05, 0.1) is 16.6 Å². The van der Waals surface area contributed by atoms with Gasteiger partial charge >= 0.3 is 12.2 Å². The normalized spacial score (nSPS) is 13.6. The molecule has 4 aromatic rings. The molecule has 1 saturated heterocycles. The highest BCUT2D eigenvalue weighted by atomic mass is 32.2. The van der Waals surface area contributed by atoms with E-state index in [2.05, 4.69) is 9.97 Å². The van der Waals surface area contributed by atoms with E-state index in [1.807, 2.05) is 30.5 Å². The van der Waals surface area contributed by atoms with Crippen LogP contribution in [0.5, 0.6) is 0 Å². The SMILES string of the molecule is CC.Cc1ccc(S(=O)(=O)n2ccc3c2ncc2nccn23)cc1.O=C(NCC(F)(F)F)N1CCCC1. The van der Waals surface area contributed by atoms with Crippen molar-refractivity contribution in [2.45, 2.75) is 44.7 Å². The number of hydrogen-bond donors (Lipinski definition) is 1. The Balaban J connectivity index is 0.000000218. The molecule has 0 atom stereocenters. The molecule has 5 rings (SSSR count). The average molecular weight is 539 g/mol. The second-order valence-corrected chi connectivity index (χ2v) is 9.84. The van der Waals surface area contributed by atoms with Crippen molar-refractivity contribution < 1.29 is 26.4 Å². The van der Waals surface area contributed by atoms with Crippen LogP contribution in [0.4, 0.5) is 18.0 Å². The number of carbonyl (C=O) groups excluding carboxylic acids is 1. The van der Waals surface area contributed by atoms with Gasteiger partial charge in [-0.3, -0.25) is 4.40 Å². The predicted octanol–water partition coefficient (Wildman–Crippen LogP) is 4.61. The lowest BCUT2D eigenvalue weighted by atomic mass is 10.2. The van der Waals surface area contributed by atoms with Crippen LogP contribution in [0.1, 0.15) is 32.3 Å². The van der Waals surface area contributed by atoms with Crippen LogP contribution >= 0.6 is 0 Å². The van der Waals surface area contributed by atoms with Crippen LogP contribution in [0.15, 0.2) is 60.0 Å². The fraction of sp³-hybridized carbons (Fsp3) is 0.375. The summed E-state index contributed by atoms with van der Waals surface area (Å²) in [6.45, 7) is 5.79. The third-order valence-electron chi connectivity index (χ3n) is 5.45. The Morgan fingerprint density at radius 2 is 1.68 bits per heavy atom. The molecule has 37 heavy (non-hydrogen) atoms. The molecule has 0 unspecified atom stereocenters. The molecule has 0 aliphatic carbocycles. The number of benzene rings is 1. The number of carbonyl (C=O) groups is 1. The Morgan fingerprint density at radius 1 is 1.03 bits per heavy atom. The van der Waals surface area contributed by atoms with Crippen LogP contribution in [0.3, 0.4) is 0 Å². The number of nitrogens with zero attached hydrogens (tertiary/aromatic N) is 5. The molecule has 200 valence electrons. The molecule has 3 aromatic heterocycles. The van der Waals surface area contributed by atoms with Crippen LogP contribution in [0.25, 0.3) is 16.8 Å². The van der Waals surface area contributed by atoms with Gasteiger partial charge in [-0.15, -0.1) is 0 Å². The lowest BCUT2D eigenvalue weighted by Crippen LogP contribution is -2.42. The minimum Gasteiger partial charge on any atom is -0.329 e. The zero-order valence-corrected chi connectivity index (χ0v) is 21.6. The number of urea groups is 1. The molecule has 4 heterocycles. The fourth-order valence-electron chi connectivity index (χ4n) is 3.67. The summed E-state index contributed by atoms with van der Waals surface area (Å²) >= 11 is 0. The molecular formula is C24H29F3N6O3S. The summed E-state index contributed by atoms with van der Waals surface area (Å²) in [6, 6.07) is 7.87. The average Bonchev–Trinajstić information content (AvgIpc) is 3.64. The van der Waals surface area contributed by atoms with Crippen molar-refractivity contribution in [3.63, 3.8) is 0 Å². The van der Waals surface area contributed by atoms with Crippen molar-refractivity contribution in [2.24, 2.45) is 0 Å². The monoisotopic (exact) mass is 538 g/mol. The second-order valence-electron chi connectivity index (χ2n) is 8.02. The van der Waals surface area contributed by atoms with Gasteiger partial charge in [0.2, 0.25) is 0 Å². The molecule has 1 aromatic carbocycles. The van der Waals surface area contributed by atoms with Crippen LogP contribution < -0.4 is 5.32 Å². The standard InChI is InChI=1S/C15H12N4O2S.C7H11F3N2O.C2H6/c1-11-2-4-12(5-3-11)22(20,21)19-8-6-13-15(19)17-10-14-16-7-9-18(13)14;8-7(9,10)5-11-6(13)12-3-1-2-4-12;1-2/h2-10H,1H3;1-5H2,(H,11,13);1-2H3. The van der Waals surface area contributed by atoms with Gasteiger partial charge in [0.25, 0.3) is 10.0 Å². The molecule has 13 heteroatoms. The second kappa shape index (κ2) is 11.6. The summed E-state index contributed by atoms with van der Waals surface area (Å²) < 4.78 is 63.6. The molecule has 0 spiro atoms. The van der Waals surface area contributed by atoms with Gasteiger partial charge in [-0.25, -0.2) is 27.2 Å². The van der Waals surface area contributed by atoms with Crippen LogP contribution in [-0.2, 0) is 10.0 Å². The number of likely N-dealkylation sites (tertiary alicyclic amines) is 1. The Bertz CT molecular complexity index is 1440. The lowest BCUT2D eigenvalue weighted by molar-refractivity contribution is -0.123. The number of rotatable bonds is 3. The molecule has 1 aliphatic rings. The molecule has 0 saturated carbocycles. The third kappa shape index (κ3) is 6.59. The highest BCUT2D eigenvalue weighted by Crippen LogP contribution is 2.22. The van der Waals surface area contributed by atoms with E-state index < -0.39 is 28.8 Å². The minimum atomic E-state index is -4.32. The first-order chi connectivity index (χ1) is 17.6. The molecule has 0 bridgehead atoms. The minimum absolute atomic E-state index is 0.239. The van der Waals surface area contributed by atoms with Crippen LogP contribution in [0, 0.1) is 6.92 Å². The number of alkyl halides is 3. The molecule has 1 fully saturated rings. The number of amides is 2. The Morgan fingerprint density at radius 3 is 2.30 bits per heavy atom. The summed E-state index contributed by atoms with van der Waals surface area (Å²) in [4.78, 5) is 21.0. The van der Waals surface area contributed by atoms with Gasteiger partial charge in [0, 0.05) is 31.7 Å². The highest BCUT2D eigenvalue weighted by molar-refractivity contribution is 7.90. The number of nitrogens with one attached hydrogen (secondary N) is 1. The van der Waals surface area contributed by atoms with E-state index in [-0.39, 0.29) is 4.90 Å². The van der Waals surface area contributed by atoms with Crippen molar-refractivity contribution >= 4 is 32.9 Å². The predicted molar refractivity (Wildman–Crippen MR) is 134 cm³/mol. The number of aryl methyl sites for hydroxylation is 1. The first-order valence-corrected chi connectivity index (χ1v) is 13.2. The maximum absolute atomic E-state index is 12.8. The third-order valence-corrected chi connectivity index (χ3v) is 7.13. The van der Waals surface area contributed by atoms with Gasteiger partial charge in [-0.05, 0) is 38.0 Å². The summed E-state index contributed by atoms with van der Waals surface area (Å²) in [7, 11) is -3.67. The summed E-state index contributed by atoms with van der Waals surface area (Å²) in [5.74, 6) is 0. The number of fused-ring (bicyclic) bond motifs is 3. The van der Waals surface area contributed by atoms with E-state index >= 15 is 0 Å². The number of aromatic nitrogens is 4. The maximum atomic E-state index is 12.8. The van der Waals surface area contributed by atoms with E-state index in [0.717, 1.165) is 18.4 Å². The van der Waals surface area contributed by atoms with Crippen molar-refractivity contribution in [3.8, 4) is 0 Å². The summed E-state index contributed by atoms with van der Waals surface area (Å²) in [6.07, 6.45) is 3.94. The molecule has 0 radical (unpaired) electrons. The Labute approximate surface area is 213 Å². The molecular weight excluding hydrogens is 509 g/mol. The lowest BCUT2D eigenvalue weighted by Gasteiger charge is -2.16. The Hall–Kier alpha value is -3.61. The number of halogens is 3. The van der Waals surface area contributed by atoms with E-state index in [4.69, 9.17) is 0 Å². The van der Waals surface area contributed by atoms with E-state index in [0.29, 0.717) is 29.9 Å². The van der Waals surface area contributed by atoms with Gasteiger partial charge in [0.1, 0.15) is 6.54 Å². The zero-order chi connectivity index (χ0) is 27.2. The van der Waals surface area contributed by atoms with Crippen LogP contribution in [-0.4, -0.2) is 63.5 Å². The van der Waals surface area contributed by atoms with E-state index in [9.17, 15) is 26.4 Å². The zero-order valence-electron chi connectivity index (χ0n) is 20.7. The van der Waals surface area contributed by atoms with E-state index in [1.165, 1.54) is 15.1 Å². The number of hydrogen-bond acceptors (Lipinski definition) is 5. The Kier molecular flexibility index (Phi) is 8.79. The molecule has 1 N–H and O–H groups in total. The fourth-order valence-corrected chi connectivity index (χ4v) is 4.96. The molecule has 9 nitrogen and oxygen atoms in total. The van der Waals surface area contributed by atoms with Crippen molar-refractivity contribution in [3.05, 3.63) is 60.7 Å². The van der Waals surface area contributed by atoms with E-state index in [1.54, 1.807) is 48.9 Å². The van der Waals surface area contributed by atoms with Crippen molar-refractivity contribution in [1.82, 2.24) is 28.6 Å². The van der Waals surface area contributed by atoms with Gasteiger partial charge in [-0.2, -0.15) is 13.2 Å². The van der Waals surface area contributed by atoms with Gasteiger partial charge in [-0.1, -0.05) is 31.5 Å². The van der Waals surface area contributed by atoms with Gasteiger partial charge in [0.15, 0.2) is 11.3 Å². The molecule has 1 aliphatic heterocycles. The maximum Gasteiger partial charge on any atom is 0.405 e. The van der Waals surface area contributed by atoms with Gasteiger partial charge < -0.3 is 10.2 Å². The first-order valence-electron chi connectivity index (χ1n) is 11.8. The largest absolute Gasteiger partial charge is 0.405 e. The van der Waals surface area contributed by atoms with Crippen molar-refractivity contribution in [2.75, 3.05) is 19.6 Å². The highest BCUT2D eigenvalue weighted by Gasteiger charge is 2.29. The number of imidazole rings is 1. The molecule has 2 amide bonds. The van der Waals surface area contributed by atoms with Crippen LogP contribution in [0.2, 0.25) is 0 Å². The van der Waals surface area contributed by atoms with Crippen molar-refractivity contribution in [1.29, 1.82) is 0 Å². The summed E-state index contributed by atoms with van der Waals surface area (Å²) in [5.41, 5.74) is 2.77.